The molecule has 1 fully saturated rings. The van der Waals surface area contributed by atoms with Crippen molar-refractivity contribution in [3.63, 3.8) is 0 Å². The van der Waals surface area contributed by atoms with E-state index < -0.39 is 5.97 Å². The number of aliphatic carboxylic acids is 1. The summed E-state index contributed by atoms with van der Waals surface area (Å²) in [5, 5.41) is 9.51. The molecule has 3 atom stereocenters. The van der Waals surface area contributed by atoms with Crippen LogP contribution in [-0.2, 0) is 4.79 Å². The van der Waals surface area contributed by atoms with Gasteiger partial charge < -0.3 is 10.8 Å². The van der Waals surface area contributed by atoms with Crippen molar-refractivity contribution in [2.45, 2.75) is 37.9 Å². The number of hydrogen-bond acceptors (Lipinski definition) is 4. The van der Waals surface area contributed by atoms with E-state index in [0.29, 0.717) is 6.54 Å². The van der Waals surface area contributed by atoms with Crippen LogP contribution in [0.1, 0.15) is 41.6 Å². The molecule has 0 amide bonds. The molecule has 0 saturated carbocycles. The van der Waals surface area contributed by atoms with E-state index in [4.69, 9.17) is 5.73 Å². The third kappa shape index (κ3) is 2.43. The summed E-state index contributed by atoms with van der Waals surface area (Å²) in [5.74, 6) is -0.699. The third-order valence-corrected chi connectivity index (χ3v) is 5.25. The zero-order valence-electron chi connectivity index (χ0n) is 13.3. The van der Waals surface area contributed by atoms with Gasteiger partial charge in [-0.3, -0.25) is 14.6 Å². The molecular weight excluding hydrogens is 278 g/mol. The highest BCUT2D eigenvalue weighted by Crippen LogP contribution is 2.40. The van der Waals surface area contributed by atoms with Crippen LogP contribution in [-0.4, -0.2) is 53.6 Å². The highest BCUT2D eigenvalue weighted by molar-refractivity contribution is 5.74. The Hall–Kier alpha value is -1.43. The molecule has 2 heterocycles. The standard InChI is InChI=1S/C17H25N3O2/c1-11-5-3-6-12-15(10-19(2)14(9-18)16(11)12)20-8-4-7-13(20)17(21)22/h3,5-6,13-15H,4,7-10,18H2,1-2H3,(H,21,22). The van der Waals surface area contributed by atoms with E-state index in [0.717, 1.165) is 25.9 Å². The van der Waals surface area contributed by atoms with Gasteiger partial charge in [0.2, 0.25) is 0 Å². The Kier molecular flexibility index (Phi) is 4.21. The largest absolute Gasteiger partial charge is 0.480 e. The van der Waals surface area contributed by atoms with Crippen molar-refractivity contribution in [3.8, 4) is 0 Å². The Morgan fingerprint density at radius 2 is 2.23 bits per heavy atom. The molecule has 120 valence electrons. The van der Waals surface area contributed by atoms with Gasteiger partial charge in [0.1, 0.15) is 6.04 Å². The Morgan fingerprint density at radius 1 is 1.45 bits per heavy atom. The number of carboxylic acid groups (broad SMARTS) is 1. The number of benzene rings is 1. The Bertz CT molecular complexity index is 575. The van der Waals surface area contributed by atoms with Crippen LogP contribution in [0.5, 0.6) is 0 Å². The summed E-state index contributed by atoms with van der Waals surface area (Å²) in [6, 6.07) is 6.35. The molecule has 0 radical (unpaired) electrons. The summed E-state index contributed by atoms with van der Waals surface area (Å²) in [7, 11) is 2.09. The van der Waals surface area contributed by atoms with E-state index >= 15 is 0 Å². The Morgan fingerprint density at radius 3 is 2.91 bits per heavy atom. The zero-order valence-corrected chi connectivity index (χ0v) is 13.3. The molecule has 1 saturated heterocycles. The Balaban J connectivity index is 2.03. The quantitative estimate of drug-likeness (QED) is 0.886. The summed E-state index contributed by atoms with van der Waals surface area (Å²) >= 11 is 0. The predicted octanol–water partition coefficient (Wildman–Crippen LogP) is 1.53. The van der Waals surface area contributed by atoms with Gasteiger partial charge in [-0.15, -0.1) is 0 Å². The van der Waals surface area contributed by atoms with Crippen LogP contribution in [0.4, 0.5) is 0 Å². The summed E-state index contributed by atoms with van der Waals surface area (Å²) in [5.41, 5.74) is 9.81. The number of likely N-dealkylation sites (tertiary alicyclic amines) is 1. The van der Waals surface area contributed by atoms with Gasteiger partial charge in [-0.2, -0.15) is 0 Å². The lowest BCUT2D eigenvalue weighted by Crippen LogP contribution is -2.48. The van der Waals surface area contributed by atoms with Crippen molar-refractivity contribution in [2.75, 3.05) is 26.7 Å². The lowest BCUT2D eigenvalue weighted by atomic mass is 9.85. The highest BCUT2D eigenvalue weighted by atomic mass is 16.4. The topological polar surface area (TPSA) is 69.8 Å². The van der Waals surface area contributed by atoms with Crippen LogP contribution in [0.3, 0.4) is 0 Å². The number of carbonyl (C=O) groups is 1. The van der Waals surface area contributed by atoms with Crippen LogP contribution in [0.2, 0.25) is 0 Å². The fourth-order valence-corrected chi connectivity index (χ4v) is 4.18. The SMILES string of the molecule is Cc1cccc2c1C(CN)N(C)CC2N1CCCC1C(=O)O. The Labute approximate surface area is 131 Å². The summed E-state index contributed by atoms with van der Waals surface area (Å²) in [6.07, 6.45) is 1.70. The molecule has 3 rings (SSSR count). The second-order valence-electron chi connectivity index (χ2n) is 6.52. The predicted molar refractivity (Wildman–Crippen MR) is 85.7 cm³/mol. The second-order valence-corrected chi connectivity index (χ2v) is 6.52. The number of hydrogen-bond donors (Lipinski definition) is 2. The maximum Gasteiger partial charge on any atom is 0.320 e. The van der Waals surface area contributed by atoms with Gasteiger partial charge in [-0.05, 0) is 50.0 Å². The van der Waals surface area contributed by atoms with E-state index in [1.165, 1.54) is 16.7 Å². The van der Waals surface area contributed by atoms with Gasteiger partial charge >= 0.3 is 5.97 Å². The van der Waals surface area contributed by atoms with Gasteiger partial charge in [-0.1, -0.05) is 18.2 Å². The van der Waals surface area contributed by atoms with E-state index in [1.54, 1.807) is 0 Å². The van der Waals surface area contributed by atoms with Crippen molar-refractivity contribution in [3.05, 3.63) is 34.9 Å². The van der Waals surface area contributed by atoms with E-state index in [-0.39, 0.29) is 18.1 Å². The fraction of sp³-hybridized carbons (Fsp3) is 0.588. The number of nitrogens with two attached hydrogens (primary N) is 1. The van der Waals surface area contributed by atoms with Gasteiger partial charge in [0.15, 0.2) is 0 Å². The lowest BCUT2D eigenvalue weighted by Gasteiger charge is -2.44. The molecule has 0 bridgehead atoms. The van der Waals surface area contributed by atoms with Crippen molar-refractivity contribution < 1.29 is 9.90 Å². The van der Waals surface area contributed by atoms with Crippen molar-refractivity contribution in [1.82, 2.24) is 9.80 Å². The van der Waals surface area contributed by atoms with Crippen LogP contribution in [0.15, 0.2) is 18.2 Å². The molecule has 1 aromatic carbocycles. The van der Waals surface area contributed by atoms with Gasteiger partial charge in [0, 0.05) is 25.2 Å². The van der Waals surface area contributed by atoms with Gasteiger partial charge in [-0.25, -0.2) is 0 Å². The van der Waals surface area contributed by atoms with Crippen molar-refractivity contribution in [1.29, 1.82) is 0 Å². The molecule has 1 aromatic rings. The van der Waals surface area contributed by atoms with Crippen LogP contribution >= 0.6 is 0 Å². The minimum Gasteiger partial charge on any atom is -0.480 e. The maximum absolute atomic E-state index is 11.6. The lowest BCUT2D eigenvalue weighted by molar-refractivity contribution is -0.143. The summed E-state index contributed by atoms with van der Waals surface area (Å²) in [4.78, 5) is 16.0. The smallest absolute Gasteiger partial charge is 0.320 e. The molecule has 5 nitrogen and oxygen atoms in total. The van der Waals surface area contributed by atoms with E-state index in [2.05, 4.69) is 42.0 Å². The van der Waals surface area contributed by atoms with Crippen LogP contribution in [0, 0.1) is 6.92 Å². The molecule has 22 heavy (non-hydrogen) atoms. The summed E-state index contributed by atoms with van der Waals surface area (Å²) < 4.78 is 0. The van der Waals surface area contributed by atoms with Crippen molar-refractivity contribution in [2.24, 2.45) is 5.73 Å². The number of likely N-dealkylation sites (N-methyl/N-ethyl adjacent to an activating group) is 1. The first kappa shape index (κ1) is 15.5. The molecule has 3 N–H and O–H groups in total. The number of nitrogens with zero attached hydrogens (tertiary/aromatic N) is 2. The number of carboxylic acids is 1. The van der Waals surface area contributed by atoms with Crippen LogP contribution in [0.25, 0.3) is 0 Å². The van der Waals surface area contributed by atoms with E-state index in [9.17, 15) is 9.90 Å². The zero-order chi connectivity index (χ0) is 15.9. The minimum absolute atomic E-state index is 0.145. The second kappa shape index (κ2) is 5.99. The average molecular weight is 303 g/mol. The van der Waals surface area contributed by atoms with Gasteiger partial charge in [0.05, 0.1) is 0 Å². The van der Waals surface area contributed by atoms with Gasteiger partial charge in [0.25, 0.3) is 0 Å². The maximum atomic E-state index is 11.6. The number of fused-ring (bicyclic) bond motifs is 1. The number of rotatable bonds is 3. The first-order chi connectivity index (χ1) is 10.5. The molecule has 2 aliphatic heterocycles. The minimum atomic E-state index is -0.699. The molecule has 0 spiro atoms. The number of aryl methyl sites for hydroxylation is 1. The van der Waals surface area contributed by atoms with Crippen LogP contribution < -0.4 is 5.73 Å². The van der Waals surface area contributed by atoms with Crippen molar-refractivity contribution >= 4 is 5.97 Å². The molecule has 2 aliphatic rings. The first-order valence-corrected chi connectivity index (χ1v) is 8.03. The average Bonchev–Trinajstić information content (AvgIpc) is 2.96. The fourth-order valence-electron chi connectivity index (χ4n) is 4.18. The molecular formula is C17H25N3O2. The summed E-state index contributed by atoms with van der Waals surface area (Å²) in [6.45, 7) is 4.40. The highest BCUT2D eigenvalue weighted by Gasteiger charge is 2.41. The molecule has 5 heteroatoms. The third-order valence-electron chi connectivity index (χ3n) is 5.25. The normalized spacial score (nSPS) is 29.5. The van der Waals surface area contributed by atoms with E-state index in [1.807, 2.05) is 0 Å². The molecule has 3 unspecified atom stereocenters. The first-order valence-electron chi connectivity index (χ1n) is 8.03. The molecule has 0 aromatic heterocycles. The monoisotopic (exact) mass is 303 g/mol. The molecule has 0 aliphatic carbocycles.